The van der Waals surface area contributed by atoms with Gasteiger partial charge in [0, 0.05) is 49.9 Å². The fourth-order valence-electron chi connectivity index (χ4n) is 2.82. The fraction of sp³-hybridized carbons (Fsp3) is 0.588. The molecule has 5 heteroatoms. The lowest BCUT2D eigenvalue weighted by Crippen LogP contribution is -2.34. The van der Waals surface area contributed by atoms with Gasteiger partial charge in [-0.25, -0.2) is 0 Å². The minimum absolute atomic E-state index is 0.0795. The Balaban J connectivity index is 1.90. The third kappa shape index (κ3) is 4.21. The van der Waals surface area contributed by atoms with E-state index in [1.54, 1.807) is 0 Å². The van der Waals surface area contributed by atoms with Crippen LogP contribution in [0.3, 0.4) is 0 Å². The summed E-state index contributed by atoms with van der Waals surface area (Å²) in [7, 11) is 0. The molecule has 0 bridgehead atoms. The van der Waals surface area contributed by atoms with Gasteiger partial charge in [-0.3, -0.25) is 4.79 Å². The van der Waals surface area contributed by atoms with Crippen molar-refractivity contribution in [3.8, 4) is 0 Å². The standard InChI is InChI=1S/C17H27N3O2/c1-3-9-20(4-2)15-7-5-13(6-8-15)17(22)19-11-14-10-18-12-16(14)21/h5-8,14,16,18,21H,3-4,9-12H2,1-2H3,(H,19,22). The maximum Gasteiger partial charge on any atom is 0.251 e. The van der Waals surface area contributed by atoms with Crippen LogP contribution in [0.15, 0.2) is 24.3 Å². The Labute approximate surface area is 132 Å². The summed E-state index contributed by atoms with van der Waals surface area (Å²) >= 11 is 0. The van der Waals surface area contributed by atoms with Crippen molar-refractivity contribution in [3.05, 3.63) is 29.8 Å². The van der Waals surface area contributed by atoms with E-state index in [1.165, 1.54) is 0 Å². The van der Waals surface area contributed by atoms with Crippen molar-refractivity contribution < 1.29 is 9.90 Å². The van der Waals surface area contributed by atoms with Crippen molar-refractivity contribution in [1.29, 1.82) is 0 Å². The second kappa shape index (κ2) is 8.15. The number of carbonyl (C=O) groups excluding carboxylic acids is 1. The quantitative estimate of drug-likeness (QED) is 0.709. The number of hydrogen-bond acceptors (Lipinski definition) is 4. The Morgan fingerprint density at radius 1 is 1.32 bits per heavy atom. The molecule has 0 radical (unpaired) electrons. The average molecular weight is 305 g/mol. The Bertz CT molecular complexity index is 475. The number of aliphatic hydroxyl groups excluding tert-OH is 1. The van der Waals surface area contributed by atoms with Crippen molar-refractivity contribution in [1.82, 2.24) is 10.6 Å². The lowest BCUT2D eigenvalue weighted by atomic mass is 10.1. The van der Waals surface area contributed by atoms with Crippen LogP contribution in [0.5, 0.6) is 0 Å². The second-order valence-corrected chi connectivity index (χ2v) is 5.82. The van der Waals surface area contributed by atoms with E-state index in [1.807, 2.05) is 24.3 Å². The highest BCUT2D eigenvalue weighted by molar-refractivity contribution is 5.94. The van der Waals surface area contributed by atoms with Crippen molar-refractivity contribution in [2.45, 2.75) is 26.4 Å². The SMILES string of the molecule is CCCN(CC)c1ccc(C(=O)NCC2CNCC2O)cc1. The third-order valence-corrected chi connectivity index (χ3v) is 4.20. The van der Waals surface area contributed by atoms with E-state index in [9.17, 15) is 9.90 Å². The van der Waals surface area contributed by atoms with Crippen LogP contribution in [0.2, 0.25) is 0 Å². The first-order valence-electron chi connectivity index (χ1n) is 8.17. The van der Waals surface area contributed by atoms with Crippen LogP contribution in [0, 0.1) is 5.92 Å². The highest BCUT2D eigenvalue weighted by Crippen LogP contribution is 2.16. The van der Waals surface area contributed by atoms with Crippen molar-refractivity contribution in [2.75, 3.05) is 37.6 Å². The van der Waals surface area contributed by atoms with Crippen LogP contribution in [0.25, 0.3) is 0 Å². The van der Waals surface area contributed by atoms with Crippen LogP contribution >= 0.6 is 0 Å². The summed E-state index contributed by atoms with van der Waals surface area (Å²) in [5.41, 5.74) is 1.81. The highest BCUT2D eigenvalue weighted by Gasteiger charge is 2.25. The molecule has 0 aromatic heterocycles. The first kappa shape index (κ1) is 16.8. The van der Waals surface area contributed by atoms with Crippen LogP contribution in [0.1, 0.15) is 30.6 Å². The van der Waals surface area contributed by atoms with Gasteiger partial charge in [0.05, 0.1) is 6.10 Å². The van der Waals surface area contributed by atoms with E-state index in [0.717, 1.165) is 31.7 Å². The summed E-state index contributed by atoms with van der Waals surface area (Å²) in [6.07, 6.45) is 0.739. The summed E-state index contributed by atoms with van der Waals surface area (Å²) in [5.74, 6) is 0.0209. The fourth-order valence-corrected chi connectivity index (χ4v) is 2.82. The Hall–Kier alpha value is -1.59. The minimum atomic E-state index is -0.366. The average Bonchev–Trinajstić information content (AvgIpc) is 2.95. The summed E-state index contributed by atoms with van der Waals surface area (Å²) in [5, 5.41) is 15.8. The zero-order chi connectivity index (χ0) is 15.9. The van der Waals surface area contributed by atoms with Gasteiger partial charge >= 0.3 is 0 Å². The normalized spacial score (nSPS) is 20.9. The number of anilines is 1. The molecule has 0 spiro atoms. The van der Waals surface area contributed by atoms with Crippen molar-refractivity contribution >= 4 is 11.6 Å². The van der Waals surface area contributed by atoms with Gasteiger partial charge in [-0.2, -0.15) is 0 Å². The van der Waals surface area contributed by atoms with E-state index in [4.69, 9.17) is 0 Å². The number of nitrogens with one attached hydrogen (secondary N) is 2. The molecule has 1 saturated heterocycles. The summed E-state index contributed by atoms with van der Waals surface area (Å²) in [6, 6.07) is 7.73. The highest BCUT2D eigenvalue weighted by atomic mass is 16.3. The Kier molecular flexibility index (Phi) is 6.21. The molecule has 1 aromatic rings. The van der Waals surface area contributed by atoms with Gasteiger partial charge in [-0.1, -0.05) is 6.92 Å². The van der Waals surface area contributed by atoms with Gasteiger partial charge in [-0.15, -0.1) is 0 Å². The second-order valence-electron chi connectivity index (χ2n) is 5.82. The van der Waals surface area contributed by atoms with Gasteiger partial charge in [-0.05, 0) is 37.6 Å². The van der Waals surface area contributed by atoms with E-state index in [2.05, 4.69) is 29.4 Å². The van der Waals surface area contributed by atoms with E-state index < -0.39 is 0 Å². The first-order chi connectivity index (χ1) is 10.7. The zero-order valence-corrected chi connectivity index (χ0v) is 13.5. The molecule has 0 saturated carbocycles. The largest absolute Gasteiger partial charge is 0.391 e. The number of carbonyl (C=O) groups is 1. The lowest BCUT2D eigenvalue weighted by Gasteiger charge is -2.22. The van der Waals surface area contributed by atoms with Crippen LogP contribution in [-0.2, 0) is 0 Å². The Morgan fingerprint density at radius 3 is 2.59 bits per heavy atom. The number of rotatable bonds is 7. The molecule has 1 aromatic carbocycles. The molecule has 22 heavy (non-hydrogen) atoms. The lowest BCUT2D eigenvalue weighted by molar-refractivity contribution is 0.0927. The predicted octanol–water partition coefficient (Wildman–Crippen LogP) is 1.23. The van der Waals surface area contributed by atoms with Gasteiger partial charge in [0.2, 0.25) is 0 Å². The topological polar surface area (TPSA) is 64.6 Å². The molecule has 0 aliphatic carbocycles. The predicted molar refractivity (Wildman–Crippen MR) is 89.3 cm³/mol. The molecule has 122 valence electrons. The molecule has 2 unspecified atom stereocenters. The molecule has 1 fully saturated rings. The molecular weight excluding hydrogens is 278 g/mol. The van der Waals surface area contributed by atoms with E-state index in [-0.39, 0.29) is 17.9 Å². The molecule has 1 aliphatic heterocycles. The number of hydrogen-bond donors (Lipinski definition) is 3. The zero-order valence-electron chi connectivity index (χ0n) is 13.5. The van der Waals surface area contributed by atoms with Gasteiger partial charge < -0.3 is 20.6 Å². The molecule has 5 nitrogen and oxygen atoms in total. The third-order valence-electron chi connectivity index (χ3n) is 4.20. The number of aliphatic hydroxyl groups is 1. The van der Waals surface area contributed by atoms with Crippen LogP contribution in [0.4, 0.5) is 5.69 Å². The number of nitrogens with zero attached hydrogens (tertiary/aromatic N) is 1. The maximum atomic E-state index is 12.2. The molecule has 2 atom stereocenters. The Morgan fingerprint density at radius 2 is 2.05 bits per heavy atom. The molecule has 1 aliphatic rings. The summed E-state index contributed by atoms with van der Waals surface area (Å²) in [6.45, 7) is 8.16. The minimum Gasteiger partial charge on any atom is -0.391 e. The first-order valence-corrected chi connectivity index (χ1v) is 8.17. The summed E-state index contributed by atoms with van der Waals surface area (Å²) < 4.78 is 0. The number of benzene rings is 1. The molecule has 1 amide bonds. The number of β-amino-alcohol motifs (C(OH)–C–C–N with tert-alkyl or cyclic N) is 1. The van der Waals surface area contributed by atoms with Crippen LogP contribution < -0.4 is 15.5 Å². The van der Waals surface area contributed by atoms with Gasteiger partial charge in [0.25, 0.3) is 5.91 Å². The molecule has 1 heterocycles. The van der Waals surface area contributed by atoms with E-state index in [0.29, 0.717) is 18.7 Å². The van der Waals surface area contributed by atoms with Gasteiger partial charge in [0.1, 0.15) is 0 Å². The smallest absolute Gasteiger partial charge is 0.251 e. The number of amides is 1. The molecule has 3 N–H and O–H groups in total. The van der Waals surface area contributed by atoms with E-state index >= 15 is 0 Å². The van der Waals surface area contributed by atoms with Crippen molar-refractivity contribution in [2.24, 2.45) is 5.92 Å². The van der Waals surface area contributed by atoms with Crippen molar-refractivity contribution in [3.63, 3.8) is 0 Å². The van der Waals surface area contributed by atoms with Crippen LogP contribution in [-0.4, -0.2) is 49.8 Å². The molecular formula is C17H27N3O2. The summed E-state index contributed by atoms with van der Waals surface area (Å²) in [4.78, 5) is 14.5. The monoisotopic (exact) mass is 305 g/mol. The molecule has 2 rings (SSSR count). The maximum absolute atomic E-state index is 12.2. The van der Waals surface area contributed by atoms with Gasteiger partial charge in [0.15, 0.2) is 0 Å².